The zero-order valence-electron chi connectivity index (χ0n) is 41.2. The number of fused-ring (bicyclic) bond motifs is 2. The Balaban J connectivity index is 0.000000181. The van der Waals surface area contributed by atoms with Gasteiger partial charge in [-0.25, -0.2) is 0 Å². The van der Waals surface area contributed by atoms with Gasteiger partial charge in [0.1, 0.15) is 11.2 Å². The first-order valence-electron chi connectivity index (χ1n) is 23.1. The third kappa shape index (κ3) is 15.1. The van der Waals surface area contributed by atoms with E-state index in [1.54, 1.807) is 24.9 Å². The van der Waals surface area contributed by atoms with Crippen molar-refractivity contribution in [2.75, 3.05) is 14.2 Å². The van der Waals surface area contributed by atoms with E-state index in [9.17, 15) is 0 Å². The van der Waals surface area contributed by atoms with Gasteiger partial charge in [0.15, 0.2) is 0 Å². The zero-order valence-corrected chi connectivity index (χ0v) is 46.0. The fraction of sp³-hybridized carbons (Fsp3) is 0.0625. The molecule has 12 rings (SSSR count). The summed E-state index contributed by atoms with van der Waals surface area (Å²) in [6.45, 7) is 4.12. The molecule has 6 aromatic heterocycles. The van der Waals surface area contributed by atoms with Crippen LogP contribution >= 0.6 is 0 Å². The molecule has 12 aromatic rings. The van der Waals surface area contributed by atoms with E-state index in [4.69, 9.17) is 19.0 Å². The molecular weight excluding hydrogens is 1270 g/mol. The summed E-state index contributed by atoms with van der Waals surface area (Å²) in [5.41, 5.74) is 16.9. The molecule has 74 heavy (non-hydrogen) atoms. The Morgan fingerprint density at radius 2 is 0.743 bits per heavy atom. The van der Waals surface area contributed by atoms with E-state index in [1.165, 1.54) is 27.8 Å². The van der Waals surface area contributed by atoms with Crippen LogP contribution in [-0.4, -0.2) is 44.4 Å². The van der Waals surface area contributed by atoms with Crippen molar-refractivity contribution in [3.63, 3.8) is 0 Å². The van der Waals surface area contributed by atoms with Crippen LogP contribution < -0.4 is 0 Å². The second-order valence-electron chi connectivity index (χ2n) is 15.7. The van der Waals surface area contributed by atoms with Crippen LogP contribution in [0.3, 0.4) is 0 Å². The Morgan fingerprint density at radius 3 is 1.20 bits per heavy atom. The molecule has 0 saturated carbocycles. The van der Waals surface area contributed by atoms with Gasteiger partial charge >= 0.3 is 0 Å². The molecule has 0 aliphatic heterocycles. The van der Waals surface area contributed by atoms with Gasteiger partial charge in [0.05, 0.1) is 18.2 Å². The van der Waals surface area contributed by atoms with Crippen molar-refractivity contribution in [1.29, 1.82) is 0 Å². The number of nitrogens with zero attached hydrogens (tertiary/aromatic N) is 4. The number of aryl methyl sites for hydroxylation is 2. The Labute approximate surface area is 460 Å². The summed E-state index contributed by atoms with van der Waals surface area (Å²) in [6, 6.07) is 76.4. The van der Waals surface area contributed by atoms with Gasteiger partial charge in [0.2, 0.25) is 0 Å². The molecule has 0 unspecified atom stereocenters. The van der Waals surface area contributed by atoms with Crippen LogP contribution in [0.15, 0.2) is 246 Å². The average molecular weight is 1330 g/mol. The van der Waals surface area contributed by atoms with Gasteiger partial charge in [-0.2, -0.15) is 0 Å². The van der Waals surface area contributed by atoms with Crippen molar-refractivity contribution in [1.82, 2.24) is 19.9 Å². The first kappa shape index (κ1) is 57.1. The first-order valence-corrected chi connectivity index (χ1v) is 23.1. The SMILES string of the molecule is CO.CO.Cc1cccnc1-c1[c-]cccc1.Cc1cccnc1-c1[c-]cccc1.[Ir].[Ir].[c-]1cc(-c2ccccc2)ccc1-c1nccc2occc12.c1ccc(-c2ccc(-c3nccc4occc34)cc2)cc1. The van der Waals surface area contributed by atoms with E-state index < -0.39 is 0 Å². The molecule has 2 N–H and O–H groups in total. The standard InChI is InChI=1S/C19H13NO.C19H12NO.2C12H10N.2CH4O.2Ir/c2*1-2-4-14(5-3-1)15-6-8-16(9-7-15)19-17-11-13-21-18(17)10-12-20-19;2*1-10-6-5-9-13-12(10)11-7-3-2-4-8-11;2*1-2;;/h1-13H;1-8,10-13H;2*2-7,9H,1H3;2*2H,1H3;;/q;3*-1;;;;. The number of pyridine rings is 4. The van der Waals surface area contributed by atoms with Gasteiger partial charge < -0.3 is 34.0 Å². The number of furan rings is 2. The average Bonchev–Trinajstić information content (AvgIpc) is 4.17. The number of hydrogen-bond donors (Lipinski definition) is 2. The Hall–Kier alpha value is -7.78. The fourth-order valence-corrected chi connectivity index (χ4v) is 7.68. The van der Waals surface area contributed by atoms with E-state index in [0.29, 0.717) is 0 Å². The number of hydrogen-bond acceptors (Lipinski definition) is 8. The molecule has 0 bridgehead atoms. The Kier molecular flexibility index (Phi) is 23.4. The smallest absolute Gasteiger partial charge is 0.137 e. The molecule has 10 heteroatoms. The summed E-state index contributed by atoms with van der Waals surface area (Å²) in [5, 5.41) is 16.1. The van der Waals surface area contributed by atoms with Gasteiger partial charge in [-0.05, 0) is 78.5 Å². The number of aliphatic hydroxyl groups excluding tert-OH is 2. The summed E-state index contributed by atoms with van der Waals surface area (Å²) in [6.07, 6.45) is 10.6. The van der Waals surface area contributed by atoms with Crippen molar-refractivity contribution in [3.05, 3.63) is 267 Å². The molecule has 0 saturated heterocycles. The predicted octanol–water partition coefficient (Wildman–Crippen LogP) is 15.1. The van der Waals surface area contributed by atoms with Crippen LogP contribution in [0.1, 0.15) is 11.1 Å². The summed E-state index contributed by atoms with van der Waals surface area (Å²) < 4.78 is 10.9. The van der Waals surface area contributed by atoms with Crippen LogP contribution in [-0.2, 0) is 40.2 Å². The summed E-state index contributed by atoms with van der Waals surface area (Å²) in [4.78, 5) is 17.6. The summed E-state index contributed by atoms with van der Waals surface area (Å²) in [7, 11) is 2.00. The molecular formula is C64H53Ir2N4O4-3. The van der Waals surface area contributed by atoms with E-state index >= 15 is 0 Å². The van der Waals surface area contributed by atoms with Gasteiger partial charge in [-0.1, -0.05) is 119 Å². The maximum atomic E-state index is 7.00. The van der Waals surface area contributed by atoms with Gasteiger partial charge in [0.25, 0.3) is 0 Å². The summed E-state index contributed by atoms with van der Waals surface area (Å²) >= 11 is 0. The molecule has 0 spiro atoms. The third-order valence-electron chi connectivity index (χ3n) is 11.1. The third-order valence-corrected chi connectivity index (χ3v) is 11.1. The van der Waals surface area contributed by atoms with E-state index in [0.717, 1.165) is 86.8 Å². The Morgan fingerprint density at radius 1 is 0.338 bits per heavy atom. The minimum absolute atomic E-state index is 0. The van der Waals surface area contributed by atoms with Crippen LogP contribution in [0, 0.1) is 32.0 Å². The zero-order chi connectivity index (χ0) is 50.3. The molecule has 0 fully saturated rings. The second-order valence-corrected chi connectivity index (χ2v) is 15.7. The van der Waals surface area contributed by atoms with Gasteiger partial charge in [0, 0.05) is 95.6 Å². The molecule has 6 aromatic carbocycles. The quantitative estimate of drug-likeness (QED) is 0.158. The van der Waals surface area contributed by atoms with Gasteiger partial charge in [-0.3, -0.25) is 4.98 Å². The van der Waals surface area contributed by atoms with Gasteiger partial charge in [-0.15, -0.1) is 102 Å². The maximum Gasteiger partial charge on any atom is 0.137 e. The van der Waals surface area contributed by atoms with E-state index in [1.807, 2.05) is 128 Å². The van der Waals surface area contributed by atoms with Crippen molar-refractivity contribution < 1.29 is 59.3 Å². The fourth-order valence-electron chi connectivity index (χ4n) is 7.68. The molecule has 8 nitrogen and oxygen atoms in total. The molecule has 0 aliphatic rings. The minimum atomic E-state index is 0. The van der Waals surface area contributed by atoms with Crippen LogP contribution in [0.25, 0.3) is 89.2 Å². The molecule has 0 amide bonds. The molecule has 2 radical (unpaired) electrons. The van der Waals surface area contributed by atoms with Crippen LogP contribution in [0.2, 0.25) is 0 Å². The van der Waals surface area contributed by atoms with Crippen molar-refractivity contribution in [3.8, 4) is 67.3 Å². The number of rotatable bonds is 6. The normalized spacial score (nSPS) is 9.81. The number of benzene rings is 6. The second kappa shape index (κ2) is 30.3. The van der Waals surface area contributed by atoms with Crippen LogP contribution in [0.5, 0.6) is 0 Å². The monoisotopic (exact) mass is 1330 g/mol. The maximum absolute atomic E-state index is 7.00. The molecule has 6 heterocycles. The minimum Gasteiger partial charge on any atom is -0.465 e. The van der Waals surface area contributed by atoms with E-state index in [2.05, 4.69) is 137 Å². The largest absolute Gasteiger partial charge is 0.465 e. The molecule has 0 atom stereocenters. The summed E-state index contributed by atoms with van der Waals surface area (Å²) in [5.74, 6) is 0. The number of aliphatic hydroxyl groups is 2. The van der Waals surface area contributed by atoms with Crippen molar-refractivity contribution >= 4 is 21.9 Å². The topological polar surface area (TPSA) is 118 Å². The van der Waals surface area contributed by atoms with Crippen molar-refractivity contribution in [2.24, 2.45) is 0 Å². The van der Waals surface area contributed by atoms with Crippen molar-refractivity contribution in [2.45, 2.75) is 13.8 Å². The molecule has 0 aliphatic carbocycles. The molecule has 374 valence electrons. The predicted molar refractivity (Wildman–Crippen MR) is 291 cm³/mol. The Bertz CT molecular complexity index is 3230. The number of aromatic nitrogens is 4. The van der Waals surface area contributed by atoms with Crippen LogP contribution in [0.4, 0.5) is 0 Å². The first-order chi connectivity index (χ1) is 35.6. The van der Waals surface area contributed by atoms with E-state index in [-0.39, 0.29) is 40.2 Å².